The molecule has 0 aromatic carbocycles. The number of ether oxygens (including phenoxy) is 1. The summed E-state index contributed by atoms with van der Waals surface area (Å²) >= 11 is 1.66. The quantitative estimate of drug-likeness (QED) is 0.244. The molecule has 0 bridgehead atoms. The summed E-state index contributed by atoms with van der Waals surface area (Å²) in [5, 5.41) is 10.4. The largest absolute Gasteiger partial charge is 0.411 e. The lowest BCUT2D eigenvalue weighted by Crippen LogP contribution is -2.38. The van der Waals surface area contributed by atoms with Gasteiger partial charge in [0.1, 0.15) is 6.61 Å². The molecule has 1 heterocycles. The minimum Gasteiger partial charge on any atom is -0.372 e. The summed E-state index contributed by atoms with van der Waals surface area (Å²) < 4.78 is 40.3. The molecule has 0 aliphatic carbocycles. The van der Waals surface area contributed by atoms with Gasteiger partial charge >= 0.3 is 6.18 Å². The normalized spacial score (nSPS) is 13.3. The molecular weight excluding hydrogens is 454 g/mol. The fourth-order valence-electron chi connectivity index (χ4n) is 1.80. The number of nitrogens with zero attached hydrogens (tertiary/aromatic N) is 1. The molecule has 1 aromatic heterocycles. The molecule has 9 heteroatoms. The molecule has 0 aliphatic rings. The Morgan fingerprint density at radius 2 is 2.12 bits per heavy atom. The Labute approximate surface area is 162 Å². The predicted molar refractivity (Wildman–Crippen MR) is 104 cm³/mol. The molecule has 1 atom stereocenters. The Morgan fingerprint density at radius 1 is 1.38 bits per heavy atom. The van der Waals surface area contributed by atoms with Gasteiger partial charge in [-0.25, -0.2) is 0 Å². The van der Waals surface area contributed by atoms with E-state index in [1.165, 1.54) is 5.56 Å². The van der Waals surface area contributed by atoms with Gasteiger partial charge in [-0.2, -0.15) is 24.5 Å². The first-order valence-electron chi connectivity index (χ1n) is 7.61. The van der Waals surface area contributed by atoms with Crippen LogP contribution < -0.4 is 10.6 Å². The zero-order valence-corrected chi connectivity index (χ0v) is 17.0. The average molecular weight is 479 g/mol. The van der Waals surface area contributed by atoms with Crippen molar-refractivity contribution in [2.75, 3.05) is 32.8 Å². The lowest BCUT2D eigenvalue weighted by molar-refractivity contribution is -0.173. The maximum absolute atomic E-state index is 11.9. The van der Waals surface area contributed by atoms with Crippen molar-refractivity contribution < 1.29 is 17.9 Å². The highest BCUT2D eigenvalue weighted by Gasteiger charge is 2.27. The van der Waals surface area contributed by atoms with Crippen LogP contribution in [-0.4, -0.2) is 45.0 Å². The van der Waals surface area contributed by atoms with E-state index < -0.39 is 12.8 Å². The Morgan fingerprint density at radius 3 is 2.71 bits per heavy atom. The summed E-state index contributed by atoms with van der Waals surface area (Å²) in [6, 6.07) is 2.09. The molecule has 1 rings (SSSR count). The number of hydrogen-bond acceptors (Lipinski definition) is 3. The molecule has 24 heavy (non-hydrogen) atoms. The minimum absolute atomic E-state index is 0. The Balaban J connectivity index is 0.00000529. The molecule has 0 saturated heterocycles. The first kappa shape index (κ1) is 23.4. The number of rotatable bonds is 9. The molecule has 0 aliphatic heterocycles. The number of alkyl halides is 3. The summed E-state index contributed by atoms with van der Waals surface area (Å²) in [6.45, 7) is 4.83. The van der Waals surface area contributed by atoms with Crippen molar-refractivity contribution in [1.82, 2.24) is 10.6 Å². The van der Waals surface area contributed by atoms with Gasteiger partial charge in [-0.05, 0) is 35.7 Å². The zero-order valence-electron chi connectivity index (χ0n) is 13.9. The number of aliphatic imine (C=N–C) groups is 1. The number of hydrogen-bond donors (Lipinski definition) is 2. The van der Waals surface area contributed by atoms with Crippen molar-refractivity contribution in [2.45, 2.75) is 32.4 Å². The molecule has 0 saturated carbocycles. The monoisotopic (exact) mass is 479 g/mol. The maximum Gasteiger partial charge on any atom is 0.411 e. The summed E-state index contributed by atoms with van der Waals surface area (Å²) in [5.41, 5.74) is 1.26. The molecule has 1 unspecified atom stereocenters. The highest BCUT2D eigenvalue weighted by Crippen LogP contribution is 2.18. The van der Waals surface area contributed by atoms with Crippen LogP contribution in [0.2, 0.25) is 0 Å². The Hall–Kier alpha value is -0.550. The van der Waals surface area contributed by atoms with E-state index in [0.717, 1.165) is 6.54 Å². The van der Waals surface area contributed by atoms with Crippen LogP contribution in [0.3, 0.4) is 0 Å². The van der Waals surface area contributed by atoms with Crippen LogP contribution in [-0.2, 0) is 4.74 Å². The summed E-state index contributed by atoms with van der Waals surface area (Å²) in [7, 11) is 0. The Bertz CT molecular complexity index is 455. The van der Waals surface area contributed by atoms with E-state index in [1.54, 1.807) is 11.3 Å². The first-order valence-corrected chi connectivity index (χ1v) is 8.55. The molecular formula is C15H25F3IN3OS. The third-order valence-corrected chi connectivity index (χ3v) is 3.70. The van der Waals surface area contributed by atoms with Crippen LogP contribution in [0, 0.1) is 0 Å². The predicted octanol–water partition coefficient (Wildman–Crippen LogP) is 3.99. The molecule has 4 nitrogen and oxygen atoms in total. The summed E-state index contributed by atoms with van der Waals surface area (Å²) in [6.07, 6.45) is -3.78. The average Bonchev–Trinajstić information content (AvgIpc) is 3.01. The SMILES string of the molecule is CCNC(=NCC(C)c1ccsc1)NCCCOCC(F)(F)F.I. The molecule has 0 amide bonds. The summed E-state index contributed by atoms with van der Waals surface area (Å²) in [4.78, 5) is 4.50. The van der Waals surface area contributed by atoms with Gasteiger partial charge in [-0.3, -0.25) is 4.99 Å². The van der Waals surface area contributed by atoms with Crippen LogP contribution in [0.25, 0.3) is 0 Å². The third kappa shape index (κ3) is 11.1. The van der Waals surface area contributed by atoms with Crippen LogP contribution in [0.15, 0.2) is 21.8 Å². The standard InChI is InChI=1S/C15H24F3N3OS.HI/c1-3-19-14(20-6-4-7-22-11-15(16,17)18)21-9-12(2)13-5-8-23-10-13;/h5,8,10,12H,3-4,6-7,9,11H2,1-2H3,(H2,19,20,21);1H. The molecule has 140 valence electrons. The molecule has 2 N–H and O–H groups in total. The van der Waals surface area contributed by atoms with E-state index in [0.29, 0.717) is 31.4 Å². The summed E-state index contributed by atoms with van der Waals surface area (Å²) in [5.74, 6) is 0.997. The zero-order chi connectivity index (χ0) is 17.1. The topological polar surface area (TPSA) is 45.7 Å². The van der Waals surface area contributed by atoms with Gasteiger partial charge in [-0.1, -0.05) is 6.92 Å². The fraction of sp³-hybridized carbons (Fsp3) is 0.667. The lowest BCUT2D eigenvalue weighted by atomic mass is 10.1. The fourth-order valence-corrected chi connectivity index (χ4v) is 2.58. The highest BCUT2D eigenvalue weighted by molar-refractivity contribution is 14.0. The van der Waals surface area contributed by atoms with E-state index in [2.05, 4.69) is 38.7 Å². The number of nitrogens with one attached hydrogen (secondary N) is 2. The number of guanidine groups is 1. The maximum atomic E-state index is 11.9. The third-order valence-electron chi connectivity index (χ3n) is 3.00. The van der Waals surface area contributed by atoms with Crippen LogP contribution in [0.1, 0.15) is 31.7 Å². The minimum atomic E-state index is -4.26. The van der Waals surface area contributed by atoms with Crippen molar-refractivity contribution in [1.29, 1.82) is 0 Å². The number of thiophene rings is 1. The van der Waals surface area contributed by atoms with Gasteiger partial charge in [-0.15, -0.1) is 24.0 Å². The highest BCUT2D eigenvalue weighted by atomic mass is 127. The molecule has 0 radical (unpaired) electrons. The van der Waals surface area contributed by atoms with Crippen LogP contribution >= 0.6 is 35.3 Å². The van der Waals surface area contributed by atoms with E-state index in [1.807, 2.05) is 12.3 Å². The van der Waals surface area contributed by atoms with E-state index in [-0.39, 0.29) is 30.6 Å². The smallest absolute Gasteiger partial charge is 0.372 e. The van der Waals surface area contributed by atoms with Gasteiger partial charge in [0, 0.05) is 32.2 Å². The molecule has 0 spiro atoms. The van der Waals surface area contributed by atoms with Gasteiger partial charge in [0.05, 0.1) is 0 Å². The first-order chi connectivity index (χ1) is 10.9. The van der Waals surface area contributed by atoms with Crippen LogP contribution in [0.5, 0.6) is 0 Å². The second-order valence-corrected chi connectivity index (χ2v) is 5.91. The van der Waals surface area contributed by atoms with Crippen molar-refractivity contribution in [3.63, 3.8) is 0 Å². The molecule has 1 aromatic rings. The van der Waals surface area contributed by atoms with Crippen LogP contribution in [0.4, 0.5) is 13.2 Å². The van der Waals surface area contributed by atoms with E-state index in [9.17, 15) is 13.2 Å². The number of halogens is 4. The van der Waals surface area contributed by atoms with E-state index in [4.69, 9.17) is 0 Å². The molecule has 0 fully saturated rings. The van der Waals surface area contributed by atoms with Crippen molar-refractivity contribution in [2.24, 2.45) is 4.99 Å². The van der Waals surface area contributed by atoms with Crippen molar-refractivity contribution in [3.05, 3.63) is 22.4 Å². The second kappa shape index (κ2) is 12.8. The lowest BCUT2D eigenvalue weighted by Gasteiger charge is -2.13. The van der Waals surface area contributed by atoms with Gasteiger partial charge in [0.2, 0.25) is 0 Å². The Kier molecular flexibility index (Phi) is 12.5. The van der Waals surface area contributed by atoms with Crippen molar-refractivity contribution >= 4 is 41.3 Å². The van der Waals surface area contributed by atoms with E-state index >= 15 is 0 Å². The van der Waals surface area contributed by atoms with Crippen molar-refractivity contribution in [3.8, 4) is 0 Å². The van der Waals surface area contributed by atoms with Gasteiger partial charge in [0.25, 0.3) is 0 Å². The van der Waals surface area contributed by atoms with Gasteiger partial charge < -0.3 is 15.4 Å². The van der Waals surface area contributed by atoms with Gasteiger partial charge in [0.15, 0.2) is 5.96 Å². The second-order valence-electron chi connectivity index (χ2n) is 5.13.